The van der Waals surface area contributed by atoms with Crippen LogP contribution >= 0.6 is 11.6 Å². The number of nitrogens with one attached hydrogen (secondary N) is 1. The first-order valence-corrected chi connectivity index (χ1v) is 10.3. The van der Waals surface area contributed by atoms with Gasteiger partial charge in [-0.15, -0.1) is 5.10 Å². The van der Waals surface area contributed by atoms with E-state index in [0.717, 1.165) is 41.9 Å². The van der Waals surface area contributed by atoms with Crippen molar-refractivity contribution in [1.82, 2.24) is 25.5 Å². The van der Waals surface area contributed by atoms with Crippen LogP contribution in [0.3, 0.4) is 0 Å². The lowest BCUT2D eigenvalue weighted by Gasteiger charge is -2.24. The van der Waals surface area contributed by atoms with Gasteiger partial charge in [-0.25, -0.2) is 0 Å². The molecule has 0 aliphatic heterocycles. The highest BCUT2D eigenvalue weighted by atomic mass is 35.5. The minimum atomic E-state index is -0.290. The summed E-state index contributed by atoms with van der Waals surface area (Å²) in [5.41, 5.74) is 2.95. The van der Waals surface area contributed by atoms with Gasteiger partial charge in [0.1, 0.15) is 0 Å². The number of tetrazole rings is 1. The van der Waals surface area contributed by atoms with Crippen LogP contribution in [0.25, 0.3) is 16.8 Å². The summed E-state index contributed by atoms with van der Waals surface area (Å²) < 4.78 is 1.75. The summed E-state index contributed by atoms with van der Waals surface area (Å²) in [6, 6.07) is 13.3. The fourth-order valence-electron chi connectivity index (χ4n) is 3.12. The zero-order valence-corrected chi connectivity index (χ0v) is 17.6. The maximum Gasteiger partial charge on any atom is 0.251 e. The van der Waals surface area contributed by atoms with Crippen molar-refractivity contribution in [2.24, 2.45) is 0 Å². The summed E-state index contributed by atoms with van der Waals surface area (Å²) >= 11 is 6.05. The van der Waals surface area contributed by atoms with Crippen molar-refractivity contribution in [2.45, 2.75) is 51.5 Å². The number of rotatable bonds is 6. The van der Waals surface area contributed by atoms with Gasteiger partial charge in [0.25, 0.3) is 5.91 Å². The molecule has 1 saturated carbocycles. The summed E-state index contributed by atoms with van der Waals surface area (Å²) in [7, 11) is 0. The van der Waals surface area contributed by atoms with E-state index in [1.165, 1.54) is 0 Å². The van der Waals surface area contributed by atoms with Gasteiger partial charge in [-0.2, -0.15) is 4.68 Å². The number of amides is 1. The summed E-state index contributed by atoms with van der Waals surface area (Å²) in [6.45, 7) is 6.08. The Kier molecular flexibility index (Phi) is 5.13. The van der Waals surface area contributed by atoms with Gasteiger partial charge in [-0.05, 0) is 85.0 Å². The topological polar surface area (TPSA) is 72.7 Å². The molecule has 1 aliphatic rings. The lowest BCUT2D eigenvalue weighted by atomic mass is 9.99. The quantitative estimate of drug-likeness (QED) is 0.635. The molecule has 7 heteroatoms. The smallest absolute Gasteiger partial charge is 0.251 e. The van der Waals surface area contributed by atoms with Crippen LogP contribution in [0.5, 0.6) is 0 Å². The number of halogens is 1. The van der Waals surface area contributed by atoms with E-state index in [4.69, 9.17) is 11.6 Å². The highest BCUT2D eigenvalue weighted by Crippen LogP contribution is 2.39. The van der Waals surface area contributed by atoms with Crippen LogP contribution in [0, 0.1) is 0 Å². The molecule has 2 aromatic carbocycles. The van der Waals surface area contributed by atoms with Gasteiger partial charge in [0.05, 0.1) is 5.69 Å². The molecule has 1 N–H and O–H groups in total. The van der Waals surface area contributed by atoms with E-state index in [-0.39, 0.29) is 11.4 Å². The molecule has 1 aromatic heterocycles. The molecule has 150 valence electrons. The van der Waals surface area contributed by atoms with Crippen LogP contribution in [0.15, 0.2) is 42.5 Å². The standard InChI is InChI=1S/C22H24ClN5O/c1-4-22(2,3)24-21(29)17-11-16(14-7-9-18(23)10-8-14)12-19(13-17)28-20(15-5-6-15)25-26-27-28/h7-13,15H,4-6H2,1-3H3,(H,24,29). The van der Waals surface area contributed by atoms with Gasteiger partial charge in [-0.1, -0.05) is 30.7 Å². The van der Waals surface area contributed by atoms with Crippen LogP contribution in [-0.2, 0) is 0 Å². The summed E-state index contributed by atoms with van der Waals surface area (Å²) in [6.07, 6.45) is 3.02. The minimum Gasteiger partial charge on any atom is -0.347 e. The average Bonchev–Trinajstić information content (AvgIpc) is 3.44. The van der Waals surface area contributed by atoms with E-state index in [1.54, 1.807) is 4.68 Å². The normalized spacial score (nSPS) is 14.1. The lowest BCUT2D eigenvalue weighted by Crippen LogP contribution is -2.42. The highest BCUT2D eigenvalue weighted by Gasteiger charge is 2.30. The number of hydrogen-bond acceptors (Lipinski definition) is 4. The third-order valence-electron chi connectivity index (χ3n) is 5.37. The molecular weight excluding hydrogens is 386 g/mol. The molecule has 1 heterocycles. The van der Waals surface area contributed by atoms with Crippen molar-refractivity contribution in [1.29, 1.82) is 0 Å². The van der Waals surface area contributed by atoms with Gasteiger partial charge in [0, 0.05) is 22.0 Å². The second kappa shape index (κ2) is 7.59. The van der Waals surface area contributed by atoms with E-state index in [1.807, 2.05) is 56.3 Å². The number of carbonyl (C=O) groups excluding carboxylic acids is 1. The molecule has 0 unspecified atom stereocenters. The third kappa shape index (κ3) is 4.32. The van der Waals surface area contributed by atoms with Crippen molar-refractivity contribution in [2.75, 3.05) is 0 Å². The van der Waals surface area contributed by atoms with Gasteiger partial charge in [-0.3, -0.25) is 4.79 Å². The van der Waals surface area contributed by atoms with Crippen LogP contribution in [0.2, 0.25) is 5.02 Å². The Morgan fingerprint density at radius 2 is 1.90 bits per heavy atom. The van der Waals surface area contributed by atoms with Crippen LogP contribution < -0.4 is 5.32 Å². The van der Waals surface area contributed by atoms with E-state index < -0.39 is 0 Å². The van der Waals surface area contributed by atoms with Crippen molar-refractivity contribution in [3.63, 3.8) is 0 Å². The van der Waals surface area contributed by atoms with Gasteiger partial charge in [0.2, 0.25) is 0 Å². The Labute approximate surface area is 175 Å². The minimum absolute atomic E-state index is 0.116. The molecule has 0 atom stereocenters. The first kappa shape index (κ1) is 19.6. The second-order valence-corrected chi connectivity index (χ2v) is 8.63. The fourth-order valence-corrected chi connectivity index (χ4v) is 3.24. The van der Waals surface area contributed by atoms with Gasteiger partial charge in [0.15, 0.2) is 5.82 Å². The number of nitrogens with zero attached hydrogens (tertiary/aromatic N) is 4. The van der Waals surface area contributed by atoms with Gasteiger partial charge >= 0.3 is 0 Å². The van der Waals surface area contributed by atoms with Crippen LogP contribution in [0.1, 0.15) is 62.1 Å². The summed E-state index contributed by atoms with van der Waals surface area (Å²) in [4.78, 5) is 13.0. The molecule has 1 amide bonds. The zero-order valence-electron chi connectivity index (χ0n) is 16.8. The first-order chi connectivity index (χ1) is 13.9. The molecule has 0 spiro atoms. The van der Waals surface area contributed by atoms with Crippen molar-refractivity contribution in [3.05, 3.63) is 58.9 Å². The van der Waals surface area contributed by atoms with Crippen LogP contribution in [0.4, 0.5) is 0 Å². The SMILES string of the molecule is CCC(C)(C)NC(=O)c1cc(-c2ccc(Cl)cc2)cc(-n2nnnc2C2CC2)c1. The number of benzene rings is 2. The highest BCUT2D eigenvalue weighted by molar-refractivity contribution is 6.30. The second-order valence-electron chi connectivity index (χ2n) is 8.19. The molecule has 3 aromatic rings. The maximum absolute atomic E-state index is 13.0. The van der Waals surface area contributed by atoms with Crippen molar-refractivity contribution >= 4 is 17.5 Å². The molecule has 0 saturated heterocycles. The summed E-state index contributed by atoms with van der Waals surface area (Å²) in [5.74, 6) is 1.12. The van der Waals surface area contributed by atoms with E-state index in [0.29, 0.717) is 16.5 Å². The van der Waals surface area contributed by atoms with E-state index in [9.17, 15) is 4.79 Å². The predicted molar refractivity (Wildman–Crippen MR) is 113 cm³/mol. The molecule has 4 rings (SSSR count). The predicted octanol–water partition coefficient (Wildman–Crippen LogP) is 4.78. The Morgan fingerprint density at radius 1 is 1.17 bits per heavy atom. The van der Waals surface area contributed by atoms with E-state index in [2.05, 4.69) is 27.8 Å². The van der Waals surface area contributed by atoms with Crippen LogP contribution in [-0.4, -0.2) is 31.7 Å². The molecule has 1 aliphatic carbocycles. The Balaban J connectivity index is 1.80. The van der Waals surface area contributed by atoms with Crippen molar-refractivity contribution < 1.29 is 4.79 Å². The number of carbonyl (C=O) groups is 1. The largest absolute Gasteiger partial charge is 0.347 e. The Hall–Kier alpha value is -2.73. The van der Waals surface area contributed by atoms with Crippen molar-refractivity contribution in [3.8, 4) is 16.8 Å². The first-order valence-electron chi connectivity index (χ1n) is 9.88. The fraction of sp³-hybridized carbons (Fsp3) is 0.364. The number of hydrogen-bond donors (Lipinski definition) is 1. The zero-order chi connectivity index (χ0) is 20.6. The van der Waals surface area contributed by atoms with E-state index >= 15 is 0 Å². The summed E-state index contributed by atoms with van der Waals surface area (Å²) in [5, 5.41) is 16.0. The third-order valence-corrected chi connectivity index (χ3v) is 5.63. The Morgan fingerprint density at radius 3 is 2.55 bits per heavy atom. The molecule has 1 fully saturated rings. The molecular formula is C22H24ClN5O. The molecule has 29 heavy (non-hydrogen) atoms. The van der Waals surface area contributed by atoms with Gasteiger partial charge < -0.3 is 5.32 Å². The molecule has 6 nitrogen and oxygen atoms in total. The Bertz CT molecular complexity index is 1040. The lowest BCUT2D eigenvalue weighted by molar-refractivity contribution is 0.0911. The molecule has 0 radical (unpaired) electrons. The average molecular weight is 410 g/mol. The monoisotopic (exact) mass is 409 g/mol. The maximum atomic E-state index is 13.0. The number of aromatic nitrogens is 4. The molecule has 0 bridgehead atoms.